The van der Waals surface area contributed by atoms with Gasteiger partial charge in [0.15, 0.2) is 0 Å². The molecule has 0 saturated heterocycles. The third kappa shape index (κ3) is 4.44. The van der Waals surface area contributed by atoms with Crippen LogP contribution in [0.2, 0.25) is 0 Å². The number of thiophene rings is 1. The maximum absolute atomic E-state index is 2.57. The topological polar surface area (TPSA) is 3.24 Å². The van der Waals surface area contributed by atoms with Gasteiger partial charge in [0.1, 0.15) is 0 Å². The zero-order chi connectivity index (χ0) is 32.7. The Morgan fingerprint density at radius 3 is 2.14 bits per heavy atom. The van der Waals surface area contributed by atoms with Crippen LogP contribution < -0.4 is 4.90 Å². The molecule has 0 radical (unpaired) electrons. The standard InChI is InChI=1S/C47H35NS/c1-47(2)43-13-7-5-11-38(43)39-25-24-36(29-44(39)47)48(35-23-19-32-16-15-31-9-3-4-10-37(31)41(32)28-35)34-21-17-30(18-22-34)33-20-26-46-42(27-33)40-12-6-8-14-45(40)49-46/h3-21,23-29,34H,22H2,1-2H3. The summed E-state index contributed by atoms with van der Waals surface area (Å²) < 4.78 is 2.70. The lowest BCUT2D eigenvalue weighted by Gasteiger charge is -2.34. The first-order chi connectivity index (χ1) is 24.0. The molecule has 1 nitrogen and oxygen atoms in total. The van der Waals surface area contributed by atoms with E-state index in [1.54, 1.807) is 0 Å². The summed E-state index contributed by atoms with van der Waals surface area (Å²) in [6.45, 7) is 4.74. The summed E-state index contributed by atoms with van der Waals surface area (Å²) in [5.41, 5.74) is 10.5. The summed E-state index contributed by atoms with van der Waals surface area (Å²) >= 11 is 1.88. The van der Waals surface area contributed by atoms with Gasteiger partial charge in [-0.05, 0) is 104 Å². The number of hydrogen-bond donors (Lipinski definition) is 0. The van der Waals surface area contributed by atoms with Gasteiger partial charge in [0.25, 0.3) is 0 Å². The Kier molecular flexibility index (Phi) is 6.29. The smallest absolute Gasteiger partial charge is 0.0560 e. The van der Waals surface area contributed by atoms with E-state index < -0.39 is 0 Å². The van der Waals surface area contributed by atoms with Gasteiger partial charge in [0.05, 0.1) is 6.04 Å². The van der Waals surface area contributed by atoms with E-state index in [1.165, 1.54) is 86.5 Å². The first-order valence-electron chi connectivity index (χ1n) is 17.3. The van der Waals surface area contributed by atoms with Crippen LogP contribution in [0.3, 0.4) is 0 Å². The molecule has 10 rings (SSSR count). The minimum atomic E-state index is -0.0624. The van der Waals surface area contributed by atoms with Gasteiger partial charge in [0, 0.05) is 37.0 Å². The SMILES string of the molecule is CC1(C)c2ccccc2-c2ccc(N(c3ccc4ccc5ccccc5c4c3)C3C=CC(c4ccc5sc6ccccc6c5c4)=CC3)cc21. The summed E-state index contributed by atoms with van der Waals surface area (Å²) in [6.07, 6.45) is 8.13. The van der Waals surface area contributed by atoms with Gasteiger partial charge in [-0.2, -0.15) is 0 Å². The molecule has 0 bridgehead atoms. The van der Waals surface area contributed by atoms with E-state index >= 15 is 0 Å². The summed E-state index contributed by atoms with van der Waals surface area (Å²) in [7, 11) is 0. The molecular weight excluding hydrogens is 611 g/mol. The zero-order valence-electron chi connectivity index (χ0n) is 27.7. The molecule has 49 heavy (non-hydrogen) atoms. The first-order valence-corrected chi connectivity index (χ1v) is 18.1. The highest BCUT2D eigenvalue weighted by Crippen LogP contribution is 2.50. The van der Waals surface area contributed by atoms with Gasteiger partial charge in [-0.3, -0.25) is 0 Å². The van der Waals surface area contributed by atoms with E-state index in [0.29, 0.717) is 0 Å². The summed E-state index contributed by atoms with van der Waals surface area (Å²) in [6, 6.07) is 52.3. The maximum Gasteiger partial charge on any atom is 0.0560 e. The molecule has 2 heteroatoms. The van der Waals surface area contributed by atoms with Crippen molar-refractivity contribution in [2.24, 2.45) is 0 Å². The number of allylic oxidation sites excluding steroid dienone is 2. The minimum Gasteiger partial charge on any atom is -0.334 e. The zero-order valence-corrected chi connectivity index (χ0v) is 28.5. The molecule has 1 heterocycles. The molecule has 0 amide bonds. The van der Waals surface area contributed by atoms with Crippen molar-refractivity contribution < 1.29 is 0 Å². The fourth-order valence-electron chi connectivity index (χ4n) is 8.43. The highest BCUT2D eigenvalue weighted by atomic mass is 32.1. The van der Waals surface area contributed by atoms with Crippen LogP contribution in [0.15, 0.2) is 158 Å². The number of fused-ring (bicyclic) bond motifs is 9. The summed E-state index contributed by atoms with van der Waals surface area (Å²) in [5, 5.41) is 7.83. The third-order valence-electron chi connectivity index (χ3n) is 11.0. The van der Waals surface area contributed by atoms with Crippen LogP contribution in [-0.2, 0) is 5.41 Å². The van der Waals surface area contributed by atoms with Gasteiger partial charge in [0.2, 0.25) is 0 Å². The fourth-order valence-corrected chi connectivity index (χ4v) is 9.52. The van der Waals surface area contributed by atoms with Crippen molar-refractivity contribution >= 4 is 70.0 Å². The van der Waals surface area contributed by atoms with Gasteiger partial charge >= 0.3 is 0 Å². The lowest BCUT2D eigenvalue weighted by atomic mass is 9.82. The Labute approximate surface area is 291 Å². The average molecular weight is 646 g/mol. The Morgan fingerprint density at radius 1 is 0.571 bits per heavy atom. The lowest BCUT2D eigenvalue weighted by Crippen LogP contribution is -2.30. The molecule has 0 spiro atoms. The van der Waals surface area contributed by atoms with Gasteiger partial charge in [-0.25, -0.2) is 0 Å². The van der Waals surface area contributed by atoms with E-state index in [2.05, 4.69) is 177 Å². The molecule has 1 atom stereocenters. The van der Waals surface area contributed by atoms with Crippen molar-refractivity contribution in [3.05, 3.63) is 174 Å². The van der Waals surface area contributed by atoms with Crippen LogP contribution in [0.5, 0.6) is 0 Å². The van der Waals surface area contributed by atoms with Crippen LogP contribution in [0, 0.1) is 0 Å². The van der Waals surface area contributed by atoms with E-state index in [4.69, 9.17) is 0 Å². The Morgan fingerprint density at radius 2 is 1.27 bits per heavy atom. The molecule has 234 valence electrons. The lowest BCUT2D eigenvalue weighted by molar-refractivity contribution is 0.659. The first kappa shape index (κ1) is 28.6. The van der Waals surface area contributed by atoms with Crippen LogP contribution in [-0.4, -0.2) is 6.04 Å². The monoisotopic (exact) mass is 645 g/mol. The van der Waals surface area contributed by atoms with Gasteiger partial charge < -0.3 is 4.90 Å². The average Bonchev–Trinajstić information content (AvgIpc) is 3.63. The maximum atomic E-state index is 2.57. The number of benzene rings is 7. The summed E-state index contributed by atoms with van der Waals surface area (Å²) in [5.74, 6) is 0. The third-order valence-corrected chi connectivity index (χ3v) is 12.1. The van der Waals surface area contributed by atoms with Gasteiger partial charge in [-0.15, -0.1) is 11.3 Å². The molecular formula is C47H35NS. The normalized spacial score (nSPS) is 16.3. The van der Waals surface area contributed by atoms with E-state index in [-0.39, 0.29) is 11.5 Å². The quantitative estimate of drug-likeness (QED) is 0.172. The van der Waals surface area contributed by atoms with E-state index in [9.17, 15) is 0 Å². The Hall–Kier alpha value is -5.44. The van der Waals surface area contributed by atoms with Crippen LogP contribution >= 0.6 is 11.3 Å². The fraction of sp³-hybridized carbons (Fsp3) is 0.106. The predicted octanol–water partition coefficient (Wildman–Crippen LogP) is 13.2. The van der Waals surface area contributed by atoms with Gasteiger partial charge in [-0.1, -0.05) is 129 Å². The summed E-state index contributed by atoms with van der Waals surface area (Å²) in [4.78, 5) is 2.57. The van der Waals surface area contributed by atoms with Crippen molar-refractivity contribution in [1.29, 1.82) is 0 Å². The van der Waals surface area contributed by atoms with E-state index in [0.717, 1.165) is 6.42 Å². The molecule has 0 saturated carbocycles. The Balaban J connectivity index is 1.09. The molecule has 2 aliphatic carbocycles. The number of rotatable bonds is 4. The van der Waals surface area contributed by atoms with Crippen LogP contribution in [0.25, 0.3) is 58.4 Å². The molecule has 7 aromatic carbocycles. The highest BCUT2D eigenvalue weighted by molar-refractivity contribution is 7.25. The molecule has 0 fully saturated rings. The minimum absolute atomic E-state index is 0.0624. The van der Waals surface area contributed by atoms with Crippen LogP contribution in [0.4, 0.5) is 11.4 Å². The van der Waals surface area contributed by atoms with Crippen molar-refractivity contribution in [3.8, 4) is 11.1 Å². The molecule has 1 aromatic heterocycles. The molecule has 1 unspecified atom stereocenters. The highest BCUT2D eigenvalue weighted by Gasteiger charge is 2.36. The van der Waals surface area contributed by atoms with Crippen LogP contribution in [0.1, 0.15) is 37.0 Å². The largest absolute Gasteiger partial charge is 0.334 e. The van der Waals surface area contributed by atoms with E-state index in [1.807, 2.05) is 11.3 Å². The second-order valence-corrected chi connectivity index (χ2v) is 15.2. The van der Waals surface area contributed by atoms with Crippen molar-refractivity contribution in [2.45, 2.75) is 31.7 Å². The number of anilines is 2. The number of nitrogens with zero attached hydrogens (tertiary/aromatic N) is 1. The second-order valence-electron chi connectivity index (χ2n) is 14.1. The Bertz CT molecular complexity index is 2690. The van der Waals surface area contributed by atoms with Crippen molar-refractivity contribution in [1.82, 2.24) is 0 Å². The molecule has 0 N–H and O–H groups in total. The van der Waals surface area contributed by atoms with Crippen molar-refractivity contribution in [2.75, 3.05) is 4.90 Å². The number of hydrogen-bond acceptors (Lipinski definition) is 2. The predicted molar refractivity (Wildman–Crippen MR) is 212 cm³/mol. The molecule has 8 aromatic rings. The molecule has 0 aliphatic heterocycles. The second kappa shape index (κ2) is 10.8. The molecule has 2 aliphatic rings. The van der Waals surface area contributed by atoms with Crippen molar-refractivity contribution in [3.63, 3.8) is 0 Å².